The number of benzene rings is 2. The molecule has 33 heavy (non-hydrogen) atoms. The highest BCUT2D eigenvalue weighted by molar-refractivity contribution is 5.94. The lowest BCUT2D eigenvalue weighted by atomic mass is 10.1. The standard InChI is InChI=1S/C24H23N5O4/c1-3-23(30)29-8-6-17(7-9-29)32-22-11-18-19(12-21(22)31-2)25-14-26-24(18)28-16-4-5-20-15(10-16)13-27-33-20/h3-5,10-14,17H,1,6-9H2,2H3,(H,25,26,28). The normalized spacial score (nSPS) is 14.4. The van der Waals surface area contributed by atoms with Crippen LogP contribution < -0.4 is 14.8 Å². The maximum atomic E-state index is 11.8. The van der Waals surface area contributed by atoms with Gasteiger partial charge in [-0.05, 0) is 30.3 Å². The molecule has 1 aliphatic heterocycles. The second-order valence-electron chi connectivity index (χ2n) is 7.79. The Bertz CT molecular complexity index is 1330. The summed E-state index contributed by atoms with van der Waals surface area (Å²) in [7, 11) is 1.61. The van der Waals surface area contributed by atoms with Gasteiger partial charge in [0.05, 0.1) is 18.8 Å². The van der Waals surface area contributed by atoms with Crippen LogP contribution in [-0.4, -0.2) is 52.2 Å². The summed E-state index contributed by atoms with van der Waals surface area (Å²) in [5, 5.41) is 8.87. The number of carbonyl (C=O) groups excluding carboxylic acids is 1. The summed E-state index contributed by atoms with van der Waals surface area (Å²) in [6.45, 7) is 4.82. The van der Waals surface area contributed by atoms with E-state index in [1.165, 1.54) is 12.4 Å². The molecule has 2 aromatic carbocycles. The van der Waals surface area contributed by atoms with Crippen molar-refractivity contribution < 1.29 is 18.8 Å². The molecule has 0 spiro atoms. The van der Waals surface area contributed by atoms with Crippen molar-refractivity contribution in [2.24, 2.45) is 0 Å². The first kappa shape index (κ1) is 20.7. The molecule has 9 heteroatoms. The fourth-order valence-corrected chi connectivity index (χ4v) is 4.00. The second kappa shape index (κ2) is 8.78. The Hall–Kier alpha value is -4.14. The quantitative estimate of drug-likeness (QED) is 0.443. The van der Waals surface area contributed by atoms with Gasteiger partial charge in [0.1, 0.15) is 18.2 Å². The third kappa shape index (κ3) is 4.17. The van der Waals surface area contributed by atoms with E-state index >= 15 is 0 Å². The summed E-state index contributed by atoms with van der Waals surface area (Å²) in [6, 6.07) is 9.45. The van der Waals surface area contributed by atoms with Crippen molar-refractivity contribution in [2.45, 2.75) is 18.9 Å². The van der Waals surface area contributed by atoms with Gasteiger partial charge in [-0.25, -0.2) is 9.97 Å². The Labute approximate surface area is 190 Å². The number of aromatic nitrogens is 3. The molecule has 0 bridgehead atoms. The largest absolute Gasteiger partial charge is 0.493 e. The van der Waals surface area contributed by atoms with E-state index in [0.717, 1.165) is 34.8 Å². The van der Waals surface area contributed by atoms with Crippen molar-refractivity contribution in [1.29, 1.82) is 0 Å². The van der Waals surface area contributed by atoms with Crippen LogP contribution in [0.5, 0.6) is 11.5 Å². The van der Waals surface area contributed by atoms with Gasteiger partial charge in [0.15, 0.2) is 17.1 Å². The summed E-state index contributed by atoms with van der Waals surface area (Å²) < 4.78 is 17.0. The Kier molecular flexibility index (Phi) is 5.52. The third-order valence-corrected chi connectivity index (χ3v) is 5.76. The molecule has 1 aliphatic rings. The van der Waals surface area contributed by atoms with Gasteiger partial charge in [0, 0.05) is 48.5 Å². The van der Waals surface area contributed by atoms with Crippen molar-refractivity contribution in [3.63, 3.8) is 0 Å². The monoisotopic (exact) mass is 445 g/mol. The van der Waals surface area contributed by atoms with Crippen LogP contribution in [0.1, 0.15) is 12.8 Å². The Morgan fingerprint density at radius 3 is 2.85 bits per heavy atom. The predicted molar refractivity (Wildman–Crippen MR) is 124 cm³/mol. The van der Waals surface area contributed by atoms with E-state index in [1.54, 1.807) is 18.2 Å². The van der Waals surface area contributed by atoms with Gasteiger partial charge in [0.2, 0.25) is 5.91 Å². The number of fused-ring (bicyclic) bond motifs is 2. The number of nitrogens with one attached hydrogen (secondary N) is 1. The van der Waals surface area contributed by atoms with Crippen molar-refractivity contribution in [3.05, 3.63) is 55.5 Å². The highest BCUT2D eigenvalue weighted by atomic mass is 16.5. The summed E-state index contributed by atoms with van der Waals surface area (Å²) in [4.78, 5) is 22.5. The number of methoxy groups -OCH3 is 1. The maximum absolute atomic E-state index is 11.8. The molecule has 5 rings (SSSR count). The third-order valence-electron chi connectivity index (χ3n) is 5.76. The Balaban J connectivity index is 1.42. The van der Waals surface area contributed by atoms with Crippen molar-refractivity contribution >= 4 is 39.3 Å². The van der Waals surface area contributed by atoms with Gasteiger partial charge in [-0.1, -0.05) is 11.7 Å². The van der Waals surface area contributed by atoms with Crippen molar-refractivity contribution in [2.75, 3.05) is 25.5 Å². The number of ether oxygens (including phenoxy) is 2. The molecule has 9 nitrogen and oxygen atoms in total. The number of amides is 1. The molecule has 1 N–H and O–H groups in total. The zero-order valence-corrected chi connectivity index (χ0v) is 18.2. The molecule has 4 aromatic rings. The van der Waals surface area contributed by atoms with E-state index in [9.17, 15) is 4.79 Å². The van der Waals surface area contributed by atoms with Crippen molar-refractivity contribution in [1.82, 2.24) is 20.0 Å². The van der Waals surface area contributed by atoms with E-state index in [2.05, 4.69) is 27.0 Å². The average Bonchev–Trinajstić information content (AvgIpc) is 3.32. The van der Waals surface area contributed by atoms with Crippen molar-refractivity contribution in [3.8, 4) is 11.5 Å². The number of carbonyl (C=O) groups is 1. The number of piperidine rings is 1. The molecule has 0 radical (unpaired) electrons. The Morgan fingerprint density at radius 2 is 2.06 bits per heavy atom. The molecule has 0 unspecified atom stereocenters. The second-order valence-corrected chi connectivity index (χ2v) is 7.79. The van der Waals surface area contributed by atoms with E-state index < -0.39 is 0 Å². The molecule has 168 valence electrons. The van der Waals surface area contributed by atoms with Gasteiger partial charge in [-0.3, -0.25) is 4.79 Å². The maximum Gasteiger partial charge on any atom is 0.245 e. The van der Waals surface area contributed by atoms with Crippen LogP contribution in [0, 0.1) is 0 Å². The fourth-order valence-electron chi connectivity index (χ4n) is 4.00. The summed E-state index contributed by atoms with van der Waals surface area (Å²) >= 11 is 0. The van der Waals surface area contributed by atoms with Gasteiger partial charge < -0.3 is 24.2 Å². The molecule has 0 aliphatic carbocycles. The smallest absolute Gasteiger partial charge is 0.245 e. The van der Waals surface area contributed by atoms with Crippen LogP contribution in [0.25, 0.3) is 21.9 Å². The minimum absolute atomic E-state index is 0.0257. The molecule has 0 atom stereocenters. The molecule has 1 amide bonds. The lowest BCUT2D eigenvalue weighted by Crippen LogP contribution is -2.41. The van der Waals surface area contributed by atoms with Gasteiger partial charge in [-0.15, -0.1) is 0 Å². The lowest BCUT2D eigenvalue weighted by molar-refractivity contribution is -0.127. The van der Waals surface area contributed by atoms with E-state index in [-0.39, 0.29) is 12.0 Å². The summed E-state index contributed by atoms with van der Waals surface area (Å²) in [6.07, 6.45) is 5.97. The number of nitrogens with zero attached hydrogens (tertiary/aromatic N) is 4. The molecular weight excluding hydrogens is 422 g/mol. The average molecular weight is 445 g/mol. The van der Waals surface area contributed by atoms with Gasteiger partial charge >= 0.3 is 0 Å². The minimum atomic E-state index is -0.0472. The van der Waals surface area contributed by atoms with Crippen LogP contribution in [0.4, 0.5) is 11.5 Å². The highest BCUT2D eigenvalue weighted by Gasteiger charge is 2.24. The number of rotatable bonds is 6. The van der Waals surface area contributed by atoms with Crippen LogP contribution >= 0.6 is 0 Å². The first-order chi connectivity index (χ1) is 16.1. The molecule has 0 saturated carbocycles. The summed E-state index contributed by atoms with van der Waals surface area (Å²) in [5.41, 5.74) is 2.30. The van der Waals surface area contributed by atoms with Crippen LogP contribution in [0.2, 0.25) is 0 Å². The first-order valence-corrected chi connectivity index (χ1v) is 10.7. The zero-order valence-electron chi connectivity index (χ0n) is 18.2. The van der Waals surface area contributed by atoms with E-state index in [0.29, 0.717) is 36.0 Å². The fraction of sp³-hybridized carbons (Fsp3) is 0.250. The molecule has 1 saturated heterocycles. The zero-order chi connectivity index (χ0) is 22.8. The topological polar surface area (TPSA) is 103 Å². The minimum Gasteiger partial charge on any atom is -0.493 e. The molecular formula is C24H23N5O4. The van der Waals surface area contributed by atoms with Crippen LogP contribution in [0.3, 0.4) is 0 Å². The number of anilines is 2. The van der Waals surface area contributed by atoms with E-state index in [4.69, 9.17) is 14.0 Å². The van der Waals surface area contributed by atoms with Crippen LogP contribution in [-0.2, 0) is 4.79 Å². The Morgan fingerprint density at radius 1 is 1.21 bits per heavy atom. The molecule has 2 aromatic heterocycles. The van der Waals surface area contributed by atoms with E-state index in [1.807, 2.05) is 30.3 Å². The summed E-state index contributed by atoms with van der Waals surface area (Å²) in [5.74, 6) is 1.82. The number of hydrogen-bond donors (Lipinski definition) is 1. The van der Waals surface area contributed by atoms with Gasteiger partial charge in [-0.2, -0.15) is 0 Å². The predicted octanol–water partition coefficient (Wildman–Crippen LogP) is 4.08. The SMILES string of the molecule is C=CC(=O)N1CCC(Oc2cc3c(Nc4ccc5oncc5c4)ncnc3cc2OC)CC1. The lowest BCUT2D eigenvalue weighted by Gasteiger charge is -2.31. The highest BCUT2D eigenvalue weighted by Crippen LogP contribution is 2.36. The first-order valence-electron chi connectivity index (χ1n) is 10.7. The van der Waals surface area contributed by atoms with Gasteiger partial charge in [0.25, 0.3) is 0 Å². The number of hydrogen-bond acceptors (Lipinski definition) is 8. The molecule has 1 fully saturated rings. The number of likely N-dealkylation sites (tertiary alicyclic amines) is 1. The van der Waals surface area contributed by atoms with Crippen LogP contribution in [0.15, 0.2) is 60.0 Å². The molecule has 3 heterocycles.